The van der Waals surface area contributed by atoms with Crippen LogP contribution in [-0.4, -0.2) is 24.9 Å². The minimum absolute atomic E-state index is 0.199. The van der Waals surface area contributed by atoms with E-state index in [0.717, 1.165) is 0 Å². The molecule has 1 aromatic carbocycles. The van der Waals surface area contributed by atoms with Crippen LogP contribution < -0.4 is 15.2 Å². The number of nitrogens with two attached hydrogens (primary N) is 1. The van der Waals surface area contributed by atoms with Gasteiger partial charge in [0.05, 0.1) is 18.9 Å². The van der Waals surface area contributed by atoms with Gasteiger partial charge in [-0.25, -0.2) is 0 Å². The summed E-state index contributed by atoms with van der Waals surface area (Å²) in [7, 11) is 1.55. The molecule has 0 aliphatic rings. The zero-order valence-electron chi connectivity index (χ0n) is 8.36. The highest BCUT2D eigenvalue weighted by atomic mass is 16.5. The van der Waals surface area contributed by atoms with Crippen molar-refractivity contribution in [1.82, 2.24) is 0 Å². The first-order chi connectivity index (χ1) is 6.65. The summed E-state index contributed by atoms with van der Waals surface area (Å²) >= 11 is 0. The first kappa shape index (κ1) is 10.7. The summed E-state index contributed by atoms with van der Waals surface area (Å²) in [6.45, 7) is 1.84. The average Bonchev–Trinajstić information content (AvgIpc) is 2.15. The molecule has 0 radical (unpaired) electrons. The van der Waals surface area contributed by atoms with Crippen molar-refractivity contribution in [2.75, 3.05) is 19.5 Å². The van der Waals surface area contributed by atoms with Crippen molar-refractivity contribution in [1.29, 1.82) is 0 Å². The van der Waals surface area contributed by atoms with E-state index in [9.17, 15) is 0 Å². The highest BCUT2D eigenvalue weighted by molar-refractivity contribution is 5.60. The van der Waals surface area contributed by atoms with Crippen LogP contribution >= 0.6 is 0 Å². The zero-order valence-corrected chi connectivity index (χ0v) is 8.36. The van der Waals surface area contributed by atoms with Crippen LogP contribution in [0.2, 0.25) is 0 Å². The molecule has 0 aromatic heterocycles. The van der Waals surface area contributed by atoms with Crippen LogP contribution in [0.4, 0.5) is 5.69 Å². The molecule has 0 heterocycles. The lowest BCUT2D eigenvalue weighted by Gasteiger charge is -2.13. The Morgan fingerprint density at radius 1 is 1.50 bits per heavy atom. The summed E-state index contributed by atoms with van der Waals surface area (Å²) in [4.78, 5) is 0. The number of methoxy groups -OCH3 is 1. The molecule has 3 N–H and O–H groups in total. The minimum Gasteiger partial charge on any atom is -0.493 e. The lowest BCUT2D eigenvalue weighted by molar-refractivity contribution is 0.121. The Morgan fingerprint density at radius 3 is 2.79 bits per heavy atom. The topological polar surface area (TPSA) is 64.7 Å². The third-order valence-electron chi connectivity index (χ3n) is 1.70. The minimum atomic E-state index is -0.528. The molecule has 0 spiro atoms. The van der Waals surface area contributed by atoms with Crippen molar-refractivity contribution in [2.24, 2.45) is 0 Å². The predicted molar refractivity (Wildman–Crippen MR) is 54.6 cm³/mol. The van der Waals surface area contributed by atoms with E-state index in [-0.39, 0.29) is 6.61 Å². The molecule has 0 aliphatic carbocycles. The fourth-order valence-electron chi connectivity index (χ4n) is 1.05. The normalized spacial score (nSPS) is 12.2. The lowest BCUT2D eigenvalue weighted by atomic mass is 10.3. The van der Waals surface area contributed by atoms with Gasteiger partial charge < -0.3 is 20.3 Å². The van der Waals surface area contributed by atoms with E-state index in [2.05, 4.69) is 0 Å². The van der Waals surface area contributed by atoms with Gasteiger partial charge in [0.1, 0.15) is 6.61 Å². The molecular formula is C10H15NO3. The molecule has 78 valence electrons. The quantitative estimate of drug-likeness (QED) is 0.708. The van der Waals surface area contributed by atoms with Crippen LogP contribution in [0.15, 0.2) is 18.2 Å². The first-order valence-corrected chi connectivity index (χ1v) is 4.38. The maximum absolute atomic E-state index is 9.06. The van der Waals surface area contributed by atoms with Crippen molar-refractivity contribution in [2.45, 2.75) is 13.0 Å². The highest BCUT2D eigenvalue weighted by Gasteiger charge is 2.08. The van der Waals surface area contributed by atoms with Gasteiger partial charge >= 0.3 is 0 Å². The smallest absolute Gasteiger partial charge is 0.184 e. The number of nitrogen functional groups attached to an aromatic ring is 1. The monoisotopic (exact) mass is 197 g/mol. The molecule has 4 heteroatoms. The summed E-state index contributed by atoms with van der Waals surface area (Å²) in [6.07, 6.45) is -0.528. The molecule has 14 heavy (non-hydrogen) atoms. The van der Waals surface area contributed by atoms with Gasteiger partial charge in [-0.1, -0.05) is 6.07 Å². The number of aliphatic hydroxyl groups excluding tert-OH is 1. The van der Waals surface area contributed by atoms with Crippen LogP contribution in [0.3, 0.4) is 0 Å². The average molecular weight is 197 g/mol. The number of hydrogen-bond donors (Lipinski definition) is 2. The molecule has 1 aromatic rings. The van der Waals surface area contributed by atoms with E-state index in [1.807, 2.05) is 0 Å². The Balaban J connectivity index is 2.82. The van der Waals surface area contributed by atoms with Crippen molar-refractivity contribution >= 4 is 5.69 Å². The van der Waals surface area contributed by atoms with Crippen LogP contribution in [0.25, 0.3) is 0 Å². The second-order valence-electron chi connectivity index (χ2n) is 3.04. The Labute approximate surface area is 83.3 Å². The summed E-state index contributed by atoms with van der Waals surface area (Å²) in [6, 6.07) is 5.26. The summed E-state index contributed by atoms with van der Waals surface area (Å²) in [5, 5.41) is 9.06. The second-order valence-corrected chi connectivity index (χ2v) is 3.04. The van der Waals surface area contributed by atoms with Gasteiger partial charge in [0, 0.05) is 0 Å². The molecule has 4 nitrogen and oxygen atoms in total. The SMILES string of the molecule is COc1cccc(N)c1OCC(C)O. The Hall–Kier alpha value is -1.42. The first-order valence-electron chi connectivity index (χ1n) is 4.38. The summed E-state index contributed by atoms with van der Waals surface area (Å²) in [5.74, 6) is 1.06. The van der Waals surface area contributed by atoms with Crippen LogP contribution in [0.1, 0.15) is 6.92 Å². The Kier molecular flexibility index (Phi) is 3.59. The van der Waals surface area contributed by atoms with E-state index < -0.39 is 6.10 Å². The van der Waals surface area contributed by atoms with Crippen molar-refractivity contribution in [3.05, 3.63) is 18.2 Å². The maximum atomic E-state index is 9.06. The molecule has 1 unspecified atom stereocenters. The third-order valence-corrected chi connectivity index (χ3v) is 1.70. The lowest BCUT2D eigenvalue weighted by Crippen LogP contribution is -2.14. The van der Waals surface area contributed by atoms with E-state index in [4.69, 9.17) is 20.3 Å². The van der Waals surface area contributed by atoms with Crippen LogP contribution in [-0.2, 0) is 0 Å². The van der Waals surface area contributed by atoms with Crippen molar-refractivity contribution < 1.29 is 14.6 Å². The third kappa shape index (κ3) is 2.53. The number of ether oxygens (including phenoxy) is 2. The van der Waals surface area contributed by atoms with Gasteiger partial charge in [-0.05, 0) is 19.1 Å². The molecule has 1 rings (SSSR count). The standard InChI is InChI=1S/C10H15NO3/c1-7(12)6-14-10-8(11)4-3-5-9(10)13-2/h3-5,7,12H,6,11H2,1-2H3. The van der Waals surface area contributed by atoms with Gasteiger partial charge in [0.15, 0.2) is 11.5 Å². The molecule has 1 atom stereocenters. The van der Waals surface area contributed by atoms with Crippen molar-refractivity contribution in [3.63, 3.8) is 0 Å². The van der Waals surface area contributed by atoms with Crippen LogP contribution in [0, 0.1) is 0 Å². The van der Waals surface area contributed by atoms with Gasteiger partial charge in [-0.15, -0.1) is 0 Å². The summed E-state index contributed by atoms with van der Waals surface area (Å²) < 4.78 is 10.4. The van der Waals surface area contributed by atoms with E-state index in [1.165, 1.54) is 0 Å². The Bertz CT molecular complexity index is 299. The number of benzene rings is 1. The fourth-order valence-corrected chi connectivity index (χ4v) is 1.05. The van der Waals surface area contributed by atoms with Gasteiger partial charge in [-0.2, -0.15) is 0 Å². The number of aliphatic hydroxyl groups is 1. The molecule has 0 amide bonds. The highest BCUT2D eigenvalue weighted by Crippen LogP contribution is 2.32. The van der Waals surface area contributed by atoms with Crippen molar-refractivity contribution in [3.8, 4) is 11.5 Å². The number of anilines is 1. The van der Waals surface area contributed by atoms with Gasteiger partial charge in [-0.3, -0.25) is 0 Å². The fraction of sp³-hybridized carbons (Fsp3) is 0.400. The zero-order chi connectivity index (χ0) is 10.6. The molecule has 0 aliphatic heterocycles. The van der Waals surface area contributed by atoms with E-state index >= 15 is 0 Å². The summed E-state index contributed by atoms with van der Waals surface area (Å²) in [5.41, 5.74) is 6.20. The van der Waals surface area contributed by atoms with Crippen LogP contribution in [0.5, 0.6) is 11.5 Å². The molecule has 0 saturated heterocycles. The largest absolute Gasteiger partial charge is 0.493 e. The Morgan fingerprint density at radius 2 is 2.21 bits per heavy atom. The molecule has 0 saturated carbocycles. The molecule has 0 fully saturated rings. The van der Waals surface area contributed by atoms with Gasteiger partial charge in [0.2, 0.25) is 0 Å². The molecule has 0 bridgehead atoms. The van der Waals surface area contributed by atoms with E-state index in [1.54, 1.807) is 32.2 Å². The predicted octanol–water partition coefficient (Wildman–Crippen LogP) is 1.04. The van der Waals surface area contributed by atoms with Gasteiger partial charge in [0.25, 0.3) is 0 Å². The second kappa shape index (κ2) is 4.72. The number of hydrogen-bond acceptors (Lipinski definition) is 4. The van der Waals surface area contributed by atoms with E-state index in [0.29, 0.717) is 17.2 Å². The number of rotatable bonds is 4. The number of para-hydroxylation sites is 1. The molecular weight excluding hydrogens is 182 g/mol. The maximum Gasteiger partial charge on any atom is 0.184 e.